The number of amides is 1. The molecular formula is C15H15N3O3. The molecular weight excluding hydrogens is 270 g/mol. The van der Waals surface area contributed by atoms with Crippen LogP contribution in [0.15, 0.2) is 29.8 Å². The lowest BCUT2D eigenvalue weighted by Crippen LogP contribution is -2.33. The third-order valence-electron chi connectivity index (χ3n) is 3.45. The van der Waals surface area contributed by atoms with E-state index in [2.05, 4.69) is 5.32 Å². The zero-order valence-corrected chi connectivity index (χ0v) is 11.4. The first kappa shape index (κ1) is 14.7. The van der Waals surface area contributed by atoms with E-state index in [-0.39, 0.29) is 17.3 Å². The SMILES string of the molecule is N#C/C(=C/c1cccc([N+](=O)[O-])c1)C(=O)NC1CCCC1. The van der Waals surface area contributed by atoms with Crippen LogP contribution in [-0.4, -0.2) is 16.9 Å². The molecule has 0 radical (unpaired) electrons. The van der Waals surface area contributed by atoms with E-state index in [1.165, 1.54) is 24.3 Å². The summed E-state index contributed by atoms with van der Waals surface area (Å²) in [6, 6.07) is 7.81. The van der Waals surface area contributed by atoms with E-state index in [4.69, 9.17) is 5.26 Å². The maximum absolute atomic E-state index is 12.0. The van der Waals surface area contributed by atoms with Crippen molar-refractivity contribution in [1.82, 2.24) is 5.32 Å². The zero-order valence-electron chi connectivity index (χ0n) is 11.4. The molecule has 0 unspecified atom stereocenters. The molecule has 21 heavy (non-hydrogen) atoms. The van der Waals surface area contributed by atoms with Crippen molar-refractivity contribution in [3.05, 3.63) is 45.5 Å². The van der Waals surface area contributed by atoms with E-state index in [1.807, 2.05) is 6.07 Å². The van der Waals surface area contributed by atoms with Crippen molar-refractivity contribution in [2.45, 2.75) is 31.7 Å². The Labute approximate surface area is 122 Å². The third kappa shape index (κ3) is 3.89. The van der Waals surface area contributed by atoms with E-state index >= 15 is 0 Å². The quantitative estimate of drug-likeness (QED) is 0.398. The van der Waals surface area contributed by atoms with E-state index in [0.29, 0.717) is 5.56 Å². The molecule has 1 fully saturated rings. The molecule has 1 aromatic rings. The molecule has 108 valence electrons. The number of non-ortho nitro benzene ring substituents is 1. The summed E-state index contributed by atoms with van der Waals surface area (Å²) in [5.41, 5.74) is 0.349. The van der Waals surface area contributed by atoms with Crippen LogP contribution in [0, 0.1) is 21.4 Å². The molecule has 1 aliphatic carbocycles. The lowest BCUT2D eigenvalue weighted by Gasteiger charge is -2.10. The lowest BCUT2D eigenvalue weighted by molar-refractivity contribution is -0.384. The van der Waals surface area contributed by atoms with Crippen LogP contribution >= 0.6 is 0 Å². The van der Waals surface area contributed by atoms with Gasteiger partial charge in [0, 0.05) is 18.2 Å². The molecule has 0 spiro atoms. The van der Waals surface area contributed by atoms with Crippen LogP contribution < -0.4 is 5.32 Å². The summed E-state index contributed by atoms with van der Waals surface area (Å²) in [6.45, 7) is 0. The summed E-state index contributed by atoms with van der Waals surface area (Å²) in [4.78, 5) is 22.2. The molecule has 0 saturated heterocycles. The number of nitro groups is 1. The van der Waals surface area contributed by atoms with Crippen molar-refractivity contribution in [3.8, 4) is 6.07 Å². The highest BCUT2D eigenvalue weighted by molar-refractivity contribution is 6.01. The minimum atomic E-state index is -0.512. The van der Waals surface area contributed by atoms with Gasteiger partial charge in [0.15, 0.2) is 0 Å². The molecule has 6 nitrogen and oxygen atoms in total. The Morgan fingerprint density at radius 3 is 2.76 bits per heavy atom. The molecule has 1 aliphatic rings. The number of carbonyl (C=O) groups is 1. The first-order valence-corrected chi connectivity index (χ1v) is 6.77. The number of nitro benzene ring substituents is 1. The smallest absolute Gasteiger partial charge is 0.270 e. The summed E-state index contributed by atoms with van der Waals surface area (Å²) in [5, 5.41) is 22.6. The van der Waals surface area contributed by atoms with Gasteiger partial charge in [0.2, 0.25) is 0 Å². The van der Waals surface area contributed by atoms with Crippen LogP contribution in [0.25, 0.3) is 6.08 Å². The fourth-order valence-corrected chi connectivity index (χ4v) is 2.38. The number of benzene rings is 1. The molecule has 1 aromatic carbocycles. The van der Waals surface area contributed by atoms with Gasteiger partial charge in [0.1, 0.15) is 11.6 Å². The van der Waals surface area contributed by atoms with Crippen molar-refractivity contribution in [2.24, 2.45) is 0 Å². The fourth-order valence-electron chi connectivity index (χ4n) is 2.38. The van der Waals surface area contributed by atoms with Gasteiger partial charge in [-0.2, -0.15) is 5.26 Å². The minimum absolute atomic E-state index is 0.0394. The van der Waals surface area contributed by atoms with Gasteiger partial charge in [-0.05, 0) is 24.5 Å². The average Bonchev–Trinajstić information content (AvgIpc) is 2.97. The third-order valence-corrected chi connectivity index (χ3v) is 3.45. The van der Waals surface area contributed by atoms with Gasteiger partial charge in [-0.25, -0.2) is 0 Å². The van der Waals surface area contributed by atoms with Gasteiger partial charge in [-0.15, -0.1) is 0 Å². The molecule has 0 aromatic heterocycles. The Balaban J connectivity index is 2.16. The van der Waals surface area contributed by atoms with Crippen molar-refractivity contribution >= 4 is 17.7 Å². The fraction of sp³-hybridized carbons (Fsp3) is 0.333. The number of carbonyl (C=O) groups excluding carboxylic acids is 1. The summed E-state index contributed by atoms with van der Waals surface area (Å²) < 4.78 is 0. The normalized spacial score (nSPS) is 15.5. The van der Waals surface area contributed by atoms with E-state index < -0.39 is 10.8 Å². The maximum Gasteiger partial charge on any atom is 0.270 e. The van der Waals surface area contributed by atoms with Gasteiger partial charge in [0.05, 0.1) is 4.92 Å². The molecule has 0 bridgehead atoms. The second-order valence-electron chi connectivity index (χ2n) is 4.98. The van der Waals surface area contributed by atoms with Crippen LogP contribution in [0.1, 0.15) is 31.2 Å². The summed E-state index contributed by atoms with van der Waals surface area (Å²) >= 11 is 0. The highest BCUT2D eigenvalue weighted by Gasteiger charge is 2.19. The second-order valence-corrected chi connectivity index (χ2v) is 4.98. The van der Waals surface area contributed by atoms with Gasteiger partial charge in [0.25, 0.3) is 11.6 Å². The first-order valence-electron chi connectivity index (χ1n) is 6.77. The monoisotopic (exact) mass is 285 g/mol. The number of hydrogen-bond acceptors (Lipinski definition) is 4. The Morgan fingerprint density at radius 1 is 1.43 bits per heavy atom. The van der Waals surface area contributed by atoms with Crippen LogP contribution in [0.2, 0.25) is 0 Å². The van der Waals surface area contributed by atoms with E-state index in [0.717, 1.165) is 25.7 Å². The van der Waals surface area contributed by atoms with E-state index in [1.54, 1.807) is 6.07 Å². The van der Waals surface area contributed by atoms with Crippen LogP contribution in [0.3, 0.4) is 0 Å². The van der Waals surface area contributed by atoms with Gasteiger partial charge in [-0.3, -0.25) is 14.9 Å². The van der Waals surface area contributed by atoms with Crippen LogP contribution in [0.5, 0.6) is 0 Å². The van der Waals surface area contributed by atoms with Gasteiger partial charge < -0.3 is 5.32 Å². The summed E-state index contributed by atoms with van der Waals surface area (Å²) in [5.74, 6) is -0.420. The topological polar surface area (TPSA) is 96.0 Å². The molecule has 0 heterocycles. The Morgan fingerprint density at radius 2 is 2.14 bits per heavy atom. The van der Waals surface area contributed by atoms with Gasteiger partial charge in [-0.1, -0.05) is 25.0 Å². The van der Waals surface area contributed by atoms with Crippen LogP contribution in [0.4, 0.5) is 5.69 Å². The molecule has 0 aliphatic heterocycles. The molecule has 6 heteroatoms. The number of hydrogen-bond donors (Lipinski definition) is 1. The Bertz CT molecular complexity index is 625. The number of nitriles is 1. The largest absolute Gasteiger partial charge is 0.349 e. The molecule has 1 amide bonds. The predicted molar refractivity (Wildman–Crippen MR) is 77.1 cm³/mol. The molecule has 1 N–H and O–H groups in total. The van der Waals surface area contributed by atoms with Crippen LogP contribution in [-0.2, 0) is 4.79 Å². The molecule has 2 rings (SSSR count). The predicted octanol–water partition coefficient (Wildman–Crippen LogP) is 2.56. The lowest BCUT2D eigenvalue weighted by atomic mass is 10.1. The van der Waals surface area contributed by atoms with Crippen molar-refractivity contribution in [2.75, 3.05) is 0 Å². The second kappa shape index (κ2) is 6.66. The minimum Gasteiger partial charge on any atom is -0.349 e. The maximum atomic E-state index is 12.0. The summed E-state index contributed by atoms with van der Waals surface area (Å²) in [7, 11) is 0. The van der Waals surface area contributed by atoms with E-state index in [9.17, 15) is 14.9 Å². The number of rotatable bonds is 4. The standard InChI is InChI=1S/C15H15N3O3/c16-10-12(15(19)17-13-5-1-2-6-13)8-11-4-3-7-14(9-11)18(20)21/h3-4,7-9,13H,1-2,5-6H2,(H,17,19)/b12-8-. The number of nitrogens with one attached hydrogen (secondary N) is 1. The highest BCUT2D eigenvalue weighted by atomic mass is 16.6. The molecule has 0 atom stereocenters. The van der Waals surface area contributed by atoms with Gasteiger partial charge >= 0.3 is 0 Å². The summed E-state index contributed by atoms with van der Waals surface area (Å²) in [6.07, 6.45) is 5.41. The Hall–Kier alpha value is -2.68. The first-order chi connectivity index (χ1) is 10.1. The zero-order chi connectivity index (χ0) is 15.2. The van der Waals surface area contributed by atoms with Crippen molar-refractivity contribution < 1.29 is 9.72 Å². The highest BCUT2D eigenvalue weighted by Crippen LogP contribution is 2.19. The Kier molecular flexibility index (Phi) is 4.67. The van der Waals surface area contributed by atoms with Crippen molar-refractivity contribution in [3.63, 3.8) is 0 Å². The average molecular weight is 285 g/mol. The molecule has 1 saturated carbocycles. The number of nitrogens with zero attached hydrogens (tertiary/aromatic N) is 2. The van der Waals surface area contributed by atoms with Crippen molar-refractivity contribution in [1.29, 1.82) is 5.26 Å².